The summed E-state index contributed by atoms with van der Waals surface area (Å²) in [5.74, 6) is -1.42. The first kappa shape index (κ1) is 17.1. The number of nitrogens with one attached hydrogen (secondary N) is 1. The highest BCUT2D eigenvalue weighted by atomic mass is 79.9. The second kappa shape index (κ2) is 5.96. The Morgan fingerprint density at radius 3 is 2.83 bits per heavy atom. The van der Waals surface area contributed by atoms with Gasteiger partial charge < -0.3 is 9.96 Å². The van der Waals surface area contributed by atoms with Gasteiger partial charge in [-0.05, 0) is 18.2 Å². The van der Waals surface area contributed by atoms with Gasteiger partial charge in [0, 0.05) is 21.7 Å². The van der Waals surface area contributed by atoms with Gasteiger partial charge in [0.15, 0.2) is 6.10 Å². The van der Waals surface area contributed by atoms with Gasteiger partial charge in [-0.1, -0.05) is 27.7 Å². The number of ether oxygens (including phenoxy) is 1. The Balaban J connectivity index is 2.16. The SMILES string of the molecule is BNC1=NC2(c3cc(Br)ccc3F)COC(C(F)(F)F)C2CS1. The molecular formula is C13H12BBrF4N2OS. The van der Waals surface area contributed by atoms with Crippen molar-refractivity contribution < 1.29 is 22.3 Å². The number of benzene rings is 1. The summed E-state index contributed by atoms with van der Waals surface area (Å²) in [6, 6.07) is 4.21. The van der Waals surface area contributed by atoms with Crippen LogP contribution in [-0.2, 0) is 10.3 Å². The summed E-state index contributed by atoms with van der Waals surface area (Å²) in [7, 11) is 1.63. The predicted octanol–water partition coefficient (Wildman–Crippen LogP) is 2.60. The first-order valence-corrected chi connectivity index (χ1v) is 8.60. The van der Waals surface area contributed by atoms with Gasteiger partial charge >= 0.3 is 6.18 Å². The Labute approximate surface area is 143 Å². The summed E-state index contributed by atoms with van der Waals surface area (Å²) in [6.45, 7) is -0.305. The van der Waals surface area contributed by atoms with Crippen LogP contribution in [0.4, 0.5) is 17.6 Å². The third kappa shape index (κ3) is 2.89. The molecule has 3 rings (SSSR count). The molecule has 10 heteroatoms. The lowest BCUT2D eigenvalue weighted by molar-refractivity contribution is -0.215. The van der Waals surface area contributed by atoms with Gasteiger partial charge in [0.05, 0.1) is 6.61 Å². The lowest BCUT2D eigenvalue weighted by Gasteiger charge is -2.37. The Hall–Kier alpha value is -0.735. The van der Waals surface area contributed by atoms with Crippen LogP contribution in [0.1, 0.15) is 5.56 Å². The highest BCUT2D eigenvalue weighted by Gasteiger charge is 2.61. The molecule has 2 heterocycles. The average Bonchev–Trinajstić information content (AvgIpc) is 2.89. The van der Waals surface area contributed by atoms with Crippen LogP contribution in [0.2, 0.25) is 0 Å². The average molecular weight is 411 g/mol. The van der Waals surface area contributed by atoms with Gasteiger partial charge in [-0.2, -0.15) is 13.2 Å². The molecule has 2 aliphatic heterocycles. The van der Waals surface area contributed by atoms with E-state index in [1.54, 1.807) is 7.98 Å². The van der Waals surface area contributed by atoms with E-state index in [9.17, 15) is 17.6 Å². The zero-order valence-electron chi connectivity index (χ0n) is 12.0. The summed E-state index contributed by atoms with van der Waals surface area (Å²) in [5, 5.41) is 3.32. The molecule has 0 saturated carbocycles. The van der Waals surface area contributed by atoms with Gasteiger partial charge in [-0.15, -0.1) is 0 Å². The Morgan fingerprint density at radius 2 is 2.17 bits per heavy atom. The number of amidine groups is 1. The number of halogens is 5. The summed E-state index contributed by atoms with van der Waals surface area (Å²) in [4.78, 5) is 4.41. The van der Waals surface area contributed by atoms with E-state index in [2.05, 4.69) is 26.2 Å². The molecule has 0 bridgehead atoms. The maximum atomic E-state index is 14.4. The Kier molecular flexibility index (Phi) is 4.43. The molecule has 1 aromatic rings. The fraction of sp³-hybridized carbons (Fsp3) is 0.462. The van der Waals surface area contributed by atoms with Crippen molar-refractivity contribution in [3.8, 4) is 0 Å². The highest BCUT2D eigenvalue weighted by molar-refractivity contribution is 9.10. The number of aliphatic imine (C=N–C) groups is 1. The number of thioether (sulfide) groups is 1. The summed E-state index contributed by atoms with van der Waals surface area (Å²) in [5.41, 5.74) is -1.26. The quantitative estimate of drug-likeness (QED) is 0.570. The van der Waals surface area contributed by atoms with Gasteiger partial charge in [0.25, 0.3) is 0 Å². The fourth-order valence-electron chi connectivity index (χ4n) is 3.03. The normalized spacial score (nSPS) is 30.7. The molecule has 2 aliphatic rings. The summed E-state index contributed by atoms with van der Waals surface area (Å²) in [6.07, 6.45) is -6.46. The molecule has 124 valence electrons. The topological polar surface area (TPSA) is 33.6 Å². The molecule has 0 spiro atoms. The van der Waals surface area contributed by atoms with Crippen LogP contribution in [0, 0.1) is 11.7 Å². The molecular weight excluding hydrogens is 399 g/mol. The van der Waals surface area contributed by atoms with E-state index < -0.39 is 29.6 Å². The summed E-state index contributed by atoms with van der Waals surface area (Å²) >= 11 is 4.43. The third-order valence-corrected chi connectivity index (χ3v) is 5.68. The summed E-state index contributed by atoms with van der Waals surface area (Å²) < 4.78 is 59.8. The molecule has 0 radical (unpaired) electrons. The van der Waals surface area contributed by atoms with Crippen LogP contribution < -0.4 is 5.23 Å². The molecule has 0 amide bonds. The number of fused-ring (bicyclic) bond motifs is 1. The van der Waals surface area contributed by atoms with Crippen LogP contribution in [0.3, 0.4) is 0 Å². The standard InChI is InChI=1S/C13H12BBrF4N2OS/c14-21-11-20-12(7-3-6(15)1-2-9(7)16)5-22-10(13(17,18)19)8(12)4-23-11/h1-3,8,10H,4-5,14H2,(H,20,21). The second-order valence-corrected chi connectivity index (χ2v) is 7.33. The van der Waals surface area contributed by atoms with Crippen molar-refractivity contribution in [2.45, 2.75) is 17.8 Å². The van der Waals surface area contributed by atoms with E-state index in [0.717, 1.165) is 0 Å². The van der Waals surface area contributed by atoms with Crippen molar-refractivity contribution in [1.29, 1.82) is 0 Å². The zero-order valence-corrected chi connectivity index (χ0v) is 14.4. The minimum absolute atomic E-state index is 0.122. The maximum Gasteiger partial charge on any atom is 0.415 e. The van der Waals surface area contributed by atoms with E-state index in [0.29, 0.717) is 9.64 Å². The van der Waals surface area contributed by atoms with Crippen LogP contribution in [-0.4, -0.2) is 37.8 Å². The first-order chi connectivity index (χ1) is 10.8. The van der Waals surface area contributed by atoms with E-state index >= 15 is 0 Å². The Morgan fingerprint density at radius 1 is 1.43 bits per heavy atom. The first-order valence-electron chi connectivity index (χ1n) is 6.82. The van der Waals surface area contributed by atoms with Gasteiger partial charge in [-0.25, -0.2) is 9.38 Å². The number of nitrogens with zero attached hydrogens (tertiary/aromatic N) is 1. The second-order valence-electron chi connectivity index (χ2n) is 5.41. The molecule has 0 aliphatic carbocycles. The van der Waals surface area contributed by atoms with Crippen molar-refractivity contribution in [1.82, 2.24) is 5.23 Å². The molecule has 1 N–H and O–H groups in total. The molecule has 1 saturated heterocycles. The molecule has 23 heavy (non-hydrogen) atoms. The highest BCUT2D eigenvalue weighted by Crippen LogP contribution is 2.52. The fourth-order valence-corrected chi connectivity index (χ4v) is 4.55. The maximum absolute atomic E-state index is 14.4. The van der Waals surface area contributed by atoms with Crippen molar-refractivity contribution in [3.05, 3.63) is 34.1 Å². The van der Waals surface area contributed by atoms with E-state index in [1.807, 2.05) is 0 Å². The predicted molar refractivity (Wildman–Crippen MR) is 86.6 cm³/mol. The van der Waals surface area contributed by atoms with Crippen molar-refractivity contribution >= 4 is 40.8 Å². The van der Waals surface area contributed by atoms with Crippen LogP contribution >= 0.6 is 27.7 Å². The molecule has 1 fully saturated rings. The molecule has 3 nitrogen and oxygen atoms in total. The van der Waals surface area contributed by atoms with E-state index in [-0.39, 0.29) is 17.9 Å². The molecule has 1 aromatic carbocycles. The minimum Gasteiger partial charge on any atom is -0.415 e. The minimum atomic E-state index is -4.51. The van der Waals surface area contributed by atoms with Gasteiger partial charge in [-0.3, -0.25) is 0 Å². The van der Waals surface area contributed by atoms with Crippen molar-refractivity contribution in [2.75, 3.05) is 12.4 Å². The van der Waals surface area contributed by atoms with Gasteiger partial charge in [0.1, 0.15) is 16.5 Å². The van der Waals surface area contributed by atoms with Crippen molar-refractivity contribution in [2.24, 2.45) is 10.9 Å². The van der Waals surface area contributed by atoms with Crippen LogP contribution in [0.15, 0.2) is 27.7 Å². The lowest BCUT2D eigenvalue weighted by Crippen LogP contribution is -2.46. The number of alkyl halides is 3. The molecule has 3 unspecified atom stereocenters. The monoisotopic (exact) mass is 410 g/mol. The number of rotatable bonds is 1. The zero-order chi connectivity index (χ0) is 16.8. The molecule has 0 aromatic heterocycles. The number of hydrogen-bond acceptors (Lipinski definition) is 4. The van der Waals surface area contributed by atoms with E-state index in [4.69, 9.17) is 4.74 Å². The number of hydrogen-bond donors (Lipinski definition) is 1. The van der Waals surface area contributed by atoms with Crippen LogP contribution in [0.5, 0.6) is 0 Å². The molecule has 3 atom stereocenters. The lowest BCUT2D eigenvalue weighted by atomic mass is 9.78. The Bertz CT molecular complexity index is 659. The van der Waals surface area contributed by atoms with Gasteiger partial charge in [0.2, 0.25) is 7.98 Å². The largest absolute Gasteiger partial charge is 0.415 e. The smallest absolute Gasteiger partial charge is 0.415 e. The van der Waals surface area contributed by atoms with Crippen molar-refractivity contribution in [3.63, 3.8) is 0 Å². The van der Waals surface area contributed by atoms with Crippen LogP contribution in [0.25, 0.3) is 0 Å². The third-order valence-electron chi connectivity index (χ3n) is 4.09. The van der Waals surface area contributed by atoms with E-state index in [1.165, 1.54) is 30.0 Å².